The van der Waals surface area contributed by atoms with Gasteiger partial charge in [0.15, 0.2) is 11.6 Å². The third-order valence-corrected chi connectivity index (χ3v) is 3.96. The zero-order valence-electron chi connectivity index (χ0n) is 12.9. The molecule has 0 saturated carbocycles. The summed E-state index contributed by atoms with van der Waals surface area (Å²) in [5, 5.41) is 0. The summed E-state index contributed by atoms with van der Waals surface area (Å²) in [6, 6.07) is 4.10. The molecule has 1 fully saturated rings. The van der Waals surface area contributed by atoms with Gasteiger partial charge in [0, 0.05) is 0 Å². The van der Waals surface area contributed by atoms with Gasteiger partial charge in [-0.2, -0.15) is 0 Å². The largest absolute Gasteiger partial charge is 0.525 e. The second-order valence-electron chi connectivity index (χ2n) is 6.01. The average Bonchev–Trinajstić information content (AvgIpc) is 2.61. The Hall–Kier alpha value is -1.40. The Bertz CT molecular complexity index is 554. The van der Waals surface area contributed by atoms with Crippen molar-refractivity contribution >= 4 is 13.2 Å². The van der Waals surface area contributed by atoms with Crippen LogP contribution in [-0.4, -0.2) is 25.4 Å². The van der Waals surface area contributed by atoms with Crippen molar-refractivity contribution in [1.82, 2.24) is 0 Å². The third-order valence-electron chi connectivity index (χ3n) is 3.96. The van der Waals surface area contributed by atoms with Crippen LogP contribution in [0.5, 0.6) is 5.75 Å². The highest BCUT2D eigenvalue weighted by Crippen LogP contribution is 2.39. The first-order chi connectivity index (χ1) is 9.66. The Morgan fingerprint density at radius 3 is 2.29 bits per heavy atom. The van der Waals surface area contributed by atoms with Crippen LogP contribution in [0.25, 0.3) is 6.08 Å². The fourth-order valence-corrected chi connectivity index (χ4v) is 1.95. The van der Waals surface area contributed by atoms with Crippen LogP contribution in [0, 0.1) is 5.82 Å². The second kappa shape index (κ2) is 5.42. The zero-order chi connectivity index (χ0) is 15.8. The summed E-state index contributed by atoms with van der Waals surface area (Å²) in [6.45, 7) is 7.39. The minimum Gasteiger partial charge on any atom is -0.494 e. The van der Waals surface area contributed by atoms with Gasteiger partial charge in [-0.25, -0.2) is 8.78 Å². The number of hydrogen-bond acceptors (Lipinski definition) is 3. The average molecular weight is 296 g/mol. The van der Waals surface area contributed by atoms with E-state index in [2.05, 4.69) is 0 Å². The molecule has 0 N–H and O–H groups in total. The van der Waals surface area contributed by atoms with Crippen molar-refractivity contribution in [3.05, 3.63) is 35.3 Å². The Balaban J connectivity index is 2.23. The summed E-state index contributed by atoms with van der Waals surface area (Å²) in [4.78, 5) is 0. The molecular formula is C15H19BF2O3. The van der Waals surface area contributed by atoms with E-state index in [-0.39, 0.29) is 5.75 Å². The van der Waals surface area contributed by atoms with Crippen LogP contribution in [0.15, 0.2) is 23.9 Å². The zero-order valence-corrected chi connectivity index (χ0v) is 12.9. The van der Waals surface area contributed by atoms with E-state index in [9.17, 15) is 8.78 Å². The minimum atomic E-state index is -1.06. The molecule has 0 radical (unpaired) electrons. The first-order valence-electron chi connectivity index (χ1n) is 6.72. The second-order valence-corrected chi connectivity index (χ2v) is 6.01. The van der Waals surface area contributed by atoms with E-state index in [1.54, 1.807) is 0 Å². The van der Waals surface area contributed by atoms with Crippen LogP contribution in [0.1, 0.15) is 33.3 Å². The molecule has 21 heavy (non-hydrogen) atoms. The van der Waals surface area contributed by atoms with Gasteiger partial charge in [-0.15, -0.1) is 0 Å². The molecule has 0 amide bonds. The first-order valence-corrected chi connectivity index (χ1v) is 6.72. The minimum absolute atomic E-state index is 0.0606. The van der Waals surface area contributed by atoms with E-state index in [4.69, 9.17) is 14.0 Å². The number of ether oxygens (including phenoxy) is 1. The summed E-state index contributed by atoms with van der Waals surface area (Å²) < 4.78 is 43.7. The smallest absolute Gasteiger partial charge is 0.494 e. The van der Waals surface area contributed by atoms with Gasteiger partial charge >= 0.3 is 7.12 Å². The SMILES string of the molecule is COc1cc(C=C(F)B2OC(C)(C)C(C)(C)O2)ccc1F. The normalized spacial score (nSPS) is 20.7. The number of benzene rings is 1. The van der Waals surface area contributed by atoms with Crippen molar-refractivity contribution in [2.45, 2.75) is 38.9 Å². The lowest BCUT2D eigenvalue weighted by Crippen LogP contribution is -2.41. The molecule has 0 aromatic heterocycles. The summed E-state index contributed by atoms with van der Waals surface area (Å²) >= 11 is 0. The van der Waals surface area contributed by atoms with E-state index in [1.807, 2.05) is 27.7 Å². The van der Waals surface area contributed by atoms with E-state index < -0.39 is 29.9 Å². The summed E-state index contributed by atoms with van der Waals surface area (Å²) in [6.07, 6.45) is 1.25. The van der Waals surface area contributed by atoms with E-state index in [0.717, 1.165) is 0 Å². The maximum atomic E-state index is 14.3. The number of methoxy groups -OCH3 is 1. The maximum Gasteiger partial charge on any atom is 0.525 e. The van der Waals surface area contributed by atoms with Crippen molar-refractivity contribution in [1.29, 1.82) is 0 Å². The molecule has 2 rings (SSSR count). The van der Waals surface area contributed by atoms with Gasteiger partial charge in [-0.1, -0.05) is 6.07 Å². The molecule has 3 nitrogen and oxygen atoms in total. The van der Waals surface area contributed by atoms with Crippen LogP contribution in [-0.2, 0) is 9.31 Å². The molecule has 0 atom stereocenters. The summed E-state index contributed by atoms with van der Waals surface area (Å²) in [7, 11) is 0.294. The van der Waals surface area contributed by atoms with E-state index >= 15 is 0 Å². The van der Waals surface area contributed by atoms with Gasteiger partial charge < -0.3 is 14.0 Å². The van der Waals surface area contributed by atoms with E-state index in [0.29, 0.717) is 5.56 Å². The highest BCUT2D eigenvalue weighted by atomic mass is 19.1. The molecule has 0 unspecified atom stereocenters. The predicted molar refractivity (Wildman–Crippen MR) is 78.1 cm³/mol. The van der Waals surface area contributed by atoms with Crippen molar-refractivity contribution in [3.63, 3.8) is 0 Å². The van der Waals surface area contributed by atoms with Gasteiger partial charge in [0.2, 0.25) is 0 Å². The van der Waals surface area contributed by atoms with Crippen molar-refractivity contribution < 1.29 is 22.8 Å². The topological polar surface area (TPSA) is 27.7 Å². The van der Waals surface area contributed by atoms with Crippen LogP contribution in [0.2, 0.25) is 0 Å². The molecule has 0 bridgehead atoms. The standard InChI is InChI=1S/C15H19BF2O3/c1-14(2)15(3,4)21-16(20-14)13(18)9-10-6-7-11(17)12(8-10)19-5/h6-9H,1-5H3. The van der Waals surface area contributed by atoms with Crippen molar-refractivity contribution in [3.8, 4) is 5.75 Å². The van der Waals surface area contributed by atoms with Gasteiger partial charge in [-0.3, -0.25) is 0 Å². The Kier molecular flexibility index (Phi) is 4.13. The lowest BCUT2D eigenvalue weighted by molar-refractivity contribution is 0.00578. The highest BCUT2D eigenvalue weighted by Gasteiger charge is 2.53. The fraction of sp³-hybridized carbons (Fsp3) is 0.467. The van der Waals surface area contributed by atoms with Crippen molar-refractivity contribution in [2.24, 2.45) is 0 Å². The van der Waals surface area contributed by atoms with Crippen LogP contribution in [0.4, 0.5) is 8.78 Å². The van der Waals surface area contributed by atoms with Gasteiger partial charge in [0.1, 0.15) is 5.73 Å². The van der Waals surface area contributed by atoms with Gasteiger partial charge in [-0.05, 0) is 51.5 Å². The molecule has 1 aliphatic heterocycles. The van der Waals surface area contributed by atoms with Gasteiger partial charge in [0.05, 0.1) is 18.3 Å². The number of rotatable bonds is 3. The molecule has 0 spiro atoms. The molecule has 1 heterocycles. The Morgan fingerprint density at radius 2 is 1.76 bits per heavy atom. The number of hydrogen-bond donors (Lipinski definition) is 0. The van der Waals surface area contributed by atoms with Crippen LogP contribution >= 0.6 is 0 Å². The lowest BCUT2D eigenvalue weighted by atomic mass is 9.87. The molecular weight excluding hydrogens is 277 g/mol. The lowest BCUT2D eigenvalue weighted by Gasteiger charge is -2.32. The molecule has 1 aliphatic rings. The highest BCUT2D eigenvalue weighted by molar-refractivity contribution is 6.54. The molecule has 114 valence electrons. The predicted octanol–water partition coefficient (Wildman–Crippen LogP) is 3.78. The maximum absolute atomic E-state index is 14.3. The molecule has 0 aliphatic carbocycles. The summed E-state index contributed by atoms with van der Waals surface area (Å²) in [5.74, 6) is -0.434. The van der Waals surface area contributed by atoms with Crippen LogP contribution < -0.4 is 4.74 Å². The fourth-order valence-electron chi connectivity index (χ4n) is 1.95. The Morgan fingerprint density at radius 1 is 1.19 bits per heavy atom. The summed E-state index contributed by atoms with van der Waals surface area (Å²) in [5.41, 5.74) is -1.31. The Labute approximate surface area is 124 Å². The first kappa shape index (κ1) is 16.0. The van der Waals surface area contributed by atoms with E-state index in [1.165, 1.54) is 31.4 Å². The molecule has 1 saturated heterocycles. The number of halogens is 2. The molecule has 1 aromatic rings. The van der Waals surface area contributed by atoms with Gasteiger partial charge in [0.25, 0.3) is 0 Å². The molecule has 6 heteroatoms. The van der Waals surface area contributed by atoms with Crippen LogP contribution in [0.3, 0.4) is 0 Å². The quantitative estimate of drug-likeness (QED) is 0.795. The monoisotopic (exact) mass is 296 g/mol. The molecule has 1 aromatic carbocycles. The third kappa shape index (κ3) is 3.11. The van der Waals surface area contributed by atoms with Crippen molar-refractivity contribution in [2.75, 3.05) is 7.11 Å².